The summed E-state index contributed by atoms with van der Waals surface area (Å²) in [5, 5.41) is 14.8. The minimum atomic E-state index is -5.08. The Hall–Kier alpha value is -3.54. The topological polar surface area (TPSA) is 95.7 Å². The SMILES string of the molecule is Cc1ccc(F)c(-c2c(F)cccc2[C@](O)(CCCNC(=O)C(F)(F)F)[C@@H]2CCCN(C(=O)CC(CN)c3ccc(Cl)cc3)C2)c1. The van der Waals surface area contributed by atoms with Gasteiger partial charge in [-0.1, -0.05) is 47.5 Å². The number of likely N-dealkylation sites (tertiary alicyclic amines) is 1. The number of hydrogen-bond acceptors (Lipinski definition) is 4. The van der Waals surface area contributed by atoms with Gasteiger partial charge in [0.05, 0.1) is 5.60 Å². The number of carbonyl (C=O) groups excluding carboxylic acids is 2. The molecule has 1 saturated heterocycles. The van der Waals surface area contributed by atoms with Crippen LogP contribution in [-0.4, -0.2) is 54.2 Å². The van der Waals surface area contributed by atoms with Gasteiger partial charge in [-0.25, -0.2) is 8.78 Å². The van der Waals surface area contributed by atoms with E-state index in [2.05, 4.69) is 0 Å². The van der Waals surface area contributed by atoms with E-state index in [0.717, 1.165) is 11.6 Å². The van der Waals surface area contributed by atoms with Crippen molar-refractivity contribution in [3.8, 4) is 11.1 Å². The lowest BCUT2D eigenvalue weighted by Crippen LogP contribution is -2.49. The standard InChI is InChI=1S/C34H37ClF5N3O3/c1-21-8-13-28(36)26(17-21)31-27(6-2-7-29(31)37)33(46,14-4-15-42-32(45)34(38,39)40)24-5-3-16-43(20-24)30(44)18-23(19-41)22-9-11-25(35)12-10-22/h2,6-13,17,23-24,46H,3-5,14-16,18-20,41H2,1H3,(H,42,45)/t23?,24-,33+/m1/s1. The average molecular weight is 666 g/mol. The summed E-state index contributed by atoms with van der Waals surface area (Å²) in [6.07, 6.45) is -4.41. The molecule has 3 aromatic rings. The lowest BCUT2D eigenvalue weighted by Gasteiger charge is -2.44. The van der Waals surface area contributed by atoms with E-state index in [1.54, 1.807) is 41.4 Å². The molecule has 6 nitrogen and oxygen atoms in total. The van der Waals surface area contributed by atoms with Gasteiger partial charge < -0.3 is 21.1 Å². The van der Waals surface area contributed by atoms with Crippen LogP contribution in [0.4, 0.5) is 22.0 Å². The van der Waals surface area contributed by atoms with E-state index in [1.165, 1.54) is 30.3 Å². The van der Waals surface area contributed by atoms with Crippen molar-refractivity contribution in [2.24, 2.45) is 11.7 Å². The Morgan fingerprint density at radius 3 is 2.48 bits per heavy atom. The molecule has 3 aromatic carbocycles. The van der Waals surface area contributed by atoms with Gasteiger partial charge >= 0.3 is 12.1 Å². The highest BCUT2D eigenvalue weighted by atomic mass is 35.5. The number of carbonyl (C=O) groups is 2. The molecule has 0 bridgehead atoms. The molecule has 0 aliphatic carbocycles. The van der Waals surface area contributed by atoms with Crippen molar-refractivity contribution < 1.29 is 36.6 Å². The normalized spacial score (nSPS) is 17.3. The fraction of sp³-hybridized carbons (Fsp3) is 0.412. The lowest BCUT2D eigenvalue weighted by molar-refractivity contribution is -0.173. The quantitative estimate of drug-likeness (QED) is 0.159. The van der Waals surface area contributed by atoms with Crippen molar-refractivity contribution in [3.05, 3.63) is 94.0 Å². The lowest BCUT2D eigenvalue weighted by atomic mass is 9.72. The fourth-order valence-corrected chi connectivity index (χ4v) is 6.34. The van der Waals surface area contributed by atoms with Gasteiger partial charge in [-0.2, -0.15) is 13.2 Å². The first kappa shape index (κ1) is 35.3. The van der Waals surface area contributed by atoms with Crippen molar-refractivity contribution in [1.29, 1.82) is 0 Å². The van der Waals surface area contributed by atoms with E-state index >= 15 is 8.78 Å². The molecule has 0 aromatic heterocycles. The van der Waals surface area contributed by atoms with Gasteiger partial charge in [-0.15, -0.1) is 0 Å². The minimum Gasteiger partial charge on any atom is -0.385 e. The second-order valence-electron chi connectivity index (χ2n) is 11.8. The molecular formula is C34H37ClF5N3O3. The summed E-state index contributed by atoms with van der Waals surface area (Å²) < 4.78 is 69.1. The molecule has 1 aliphatic rings. The van der Waals surface area contributed by atoms with E-state index in [1.807, 2.05) is 0 Å². The summed E-state index contributed by atoms with van der Waals surface area (Å²) in [7, 11) is 0. The van der Waals surface area contributed by atoms with Gasteiger partial charge in [-0.3, -0.25) is 9.59 Å². The van der Waals surface area contributed by atoms with Crippen LogP contribution in [0.15, 0.2) is 60.7 Å². The molecule has 0 spiro atoms. The summed E-state index contributed by atoms with van der Waals surface area (Å²) in [6.45, 7) is 1.95. The summed E-state index contributed by atoms with van der Waals surface area (Å²) >= 11 is 6.01. The number of nitrogens with one attached hydrogen (secondary N) is 1. The predicted molar refractivity (Wildman–Crippen MR) is 166 cm³/mol. The molecule has 2 amide bonds. The summed E-state index contributed by atoms with van der Waals surface area (Å²) in [5.74, 6) is -4.81. The average Bonchev–Trinajstić information content (AvgIpc) is 3.02. The minimum absolute atomic E-state index is 0.0550. The molecule has 12 heteroatoms. The highest BCUT2D eigenvalue weighted by molar-refractivity contribution is 6.30. The van der Waals surface area contributed by atoms with Crippen LogP contribution in [0.5, 0.6) is 0 Å². The number of aliphatic hydroxyl groups is 1. The van der Waals surface area contributed by atoms with Crippen LogP contribution in [0.3, 0.4) is 0 Å². The first-order valence-corrected chi connectivity index (χ1v) is 15.5. The molecule has 4 N–H and O–H groups in total. The second kappa shape index (κ2) is 14.9. The number of amides is 2. The van der Waals surface area contributed by atoms with Gasteiger partial charge in [0.2, 0.25) is 5.91 Å². The Morgan fingerprint density at radius 1 is 1.09 bits per heavy atom. The van der Waals surface area contributed by atoms with E-state index in [9.17, 15) is 27.9 Å². The number of piperidine rings is 1. The van der Waals surface area contributed by atoms with Gasteiger partial charge in [0.25, 0.3) is 0 Å². The monoisotopic (exact) mass is 665 g/mol. The van der Waals surface area contributed by atoms with Crippen LogP contribution in [0, 0.1) is 24.5 Å². The van der Waals surface area contributed by atoms with E-state index in [-0.39, 0.29) is 60.9 Å². The smallest absolute Gasteiger partial charge is 0.385 e. The van der Waals surface area contributed by atoms with Gasteiger partial charge in [0, 0.05) is 54.0 Å². The zero-order valence-electron chi connectivity index (χ0n) is 25.3. The zero-order valence-corrected chi connectivity index (χ0v) is 26.1. The number of halogens is 6. The molecule has 46 heavy (non-hydrogen) atoms. The summed E-state index contributed by atoms with van der Waals surface area (Å²) in [4.78, 5) is 26.6. The maximum Gasteiger partial charge on any atom is 0.471 e. The fourth-order valence-electron chi connectivity index (χ4n) is 6.21. The van der Waals surface area contributed by atoms with Gasteiger partial charge in [0.1, 0.15) is 11.6 Å². The highest BCUT2D eigenvalue weighted by Gasteiger charge is 2.44. The molecule has 248 valence electrons. The maximum absolute atomic E-state index is 15.6. The highest BCUT2D eigenvalue weighted by Crippen LogP contribution is 2.45. The van der Waals surface area contributed by atoms with Crippen LogP contribution in [-0.2, 0) is 15.2 Å². The first-order chi connectivity index (χ1) is 21.7. The predicted octanol–water partition coefficient (Wildman–Crippen LogP) is 6.61. The molecule has 3 atom stereocenters. The van der Waals surface area contributed by atoms with Crippen LogP contribution in [0.1, 0.15) is 54.7 Å². The van der Waals surface area contributed by atoms with E-state index in [0.29, 0.717) is 30.0 Å². The number of benzene rings is 3. The second-order valence-corrected chi connectivity index (χ2v) is 12.2. The Kier molecular flexibility index (Phi) is 11.5. The van der Waals surface area contributed by atoms with Crippen LogP contribution in [0.25, 0.3) is 11.1 Å². The summed E-state index contributed by atoms with van der Waals surface area (Å²) in [5.41, 5.74) is 5.41. The van der Waals surface area contributed by atoms with Crippen molar-refractivity contribution in [3.63, 3.8) is 0 Å². The summed E-state index contributed by atoms with van der Waals surface area (Å²) in [6, 6.07) is 15.2. The molecule has 4 rings (SSSR count). The van der Waals surface area contributed by atoms with E-state index < -0.39 is 41.8 Å². The van der Waals surface area contributed by atoms with Crippen molar-refractivity contribution in [2.45, 2.75) is 56.7 Å². The van der Waals surface area contributed by atoms with Crippen LogP contribution < -0.4 is 11.1 Å². The third-order valence-corrected chi connectivity index (χ3v) is 8.90. The number of nitrogens with two attached hydrogens (primary N) is 1. The van der Waals surface area contributed by atoms with Crippen LogP contribution in [0.2, 0.25) is 5.02 Å². The Labute approximate surface area is 269 Å². The number of nitrogens with zero attached hydrogens (tertiary/aromatic N) is 1. The number of alkyl halides is 3. The van der Waals surface area contributed by atoms with Gasteiger partial charge in [-0.05, 0) is 80.6 Å². The van der Waals surface area contributed by atoms with Crippen molar-refractivity contribution in [2.75, 3.05) is 26.2 Å². The molecule has 1 aliphatic heterocycles. The zero-order chi connectivity index (χ0) is 33.6. The molecule has 0 saturated carbocycles. The third kappa shape index (κ3) is 8.24. The first-order valence-electron chi connectivity index (χ1n) is 15.1. The number of rotatable bonds is 11. The van der Waals surface area contributed by atoms with Crippen molar-refractivity contribution >= 4 is 23.4 Å². The Morgan fingerprint density at radius 2 is 1.80 bits per heavy atom. The number of aryl methyl sites for hydroxylation is 1. The molecule has 1 heterocycles. The molecule has 1 unspecified atom stereocenters. The largest absolute Gasteiger partial charge is 0.471 e. The molecule has 0 radical (unpaired) electrons. The number of hydrogen-bond donors (Lipinski definition) is 3. The van der Waals surface area contributed by atoms with Crippen molar-refractivity contribution in [1.82, 2.24) is 10.2 Å². The maximum atomic E-state index is 15.6. The van der Waals surface area contributed by atoms with Gasteiger partial charge in [0.15, 0.2) is 0 Å². The molecule has 1 fully saturated rings. The Bertz CT molecular complexity index is 1540. The third-order valence-electron chi connectivity index (χ3n) is 8.65. The Balaban J connectivity index is 1.66. The van der Waals surface area contributed by atoms with Crippen LogP contribution >= 0.6 is 11.6 Å². The molecular weight excluding hydrogens is 629 g/mol. The van der Waals surface area contributed by atoms with E-state index in [4.69, 9.17) is 17.3 Å².